The molecule has 0 spiro atoms. The van der Waals surface area contributed by atoms with Crippen LogP contribution in [0.3, 0.4) is 0 Å². The molecule has 0 saturated heterocycles. The summed E-state index contributed by atoms with van der Waals surface area (Å²) < 4.78 is 16.8. The molecule has 7 nitrogen and oxygen atoms in total. The Morgan fingerprint density at radius 2 is 1.71 bits per heavy atom. The van der Waals surface area contributed by atoms with Crippen molar-refractivity contribution >= 4 is 21.8 Å². The Bertz CT molecular complexity index is 1160. The summed E-state index contributed by atoms with van der Waals surface area (Å²) in [7, 11) is 1.61. The highest BCUT2D eigenvalue weighted by Crippen LogP contribution is 2.37. The van der Waals surface area contributed by atoms with Crippen molar-refractivity contribution in [1.29, 1.82) is 0 Å². The van der Waals surface area contributed by atoms with Crippen LogP contribution in [0.15, 0.2) is 60.7 Å². The summed E-state index contributed by atoms with van der Waals surface area (Å²) in [6.07, 6.45) is -0.694. The van der Waals surface area contributed by atoms with E-state index in [1.165, 1.54) is 0 Å². The second-order valence-electron chi connectivity index (χ2n) is 7.17. The van der Waals surface area contributed by atoms with Crippen LogP contribution in [-0.4, -0.2) is 54.7 Å². The van der Waals surface area contributed by atoms with Gasteiger partial charge in [0, 0.05) is 24.0 Å². The Labute approximate surface area is 180 Å². The number of para-hydroxylation sites is 3. The largest absolute Gasteiger partial charge is 0.506 e. The first-order chi connectivity index (χ1) is 15.2. The third-order valence-corrected chi connectivity index (χ3v) is 5.02. The molecule has 4 rings (SSSR count). The van der Waals surface area contributed by atoms with Gasteiger partial charge in [-0.15, -0.1) is 0 Å². The van der Waals surface area contributed by atoms with Crippen molar-refractivity contribution in [2.24, 2.45) is 0 Å². The van der Waals surface area contributed by atoms with E-state index in [1.54, 1.807) is 19.2 Å². The van der Waals surface area contributed by atoms with Gasteiger partial charge in [-0.2, -0.15) is 0 Å². The average molecular weight is 422 g/mol. The molecule has 3 aromatic carbocycles. The summed E-state index contributed by atoms with van der Waals surface area (Å²) in [5.74, 6) is 2.15. The number of hydrogen-bond acceptors (Lipinski definition) is 6. The van der Waals surface area contributed by atoms with Gasteiger partial charge in [0.15, 0.2) is 11.5 Å². The van der Waals surface area contributed by atoms with Crippen LogP contribution in [0.4, 0.5) is 0 Å². The molecule has 1 heterocycles. The smallest absolute Gasteiger partial charge is 0.161 e. The summed E-state index contributed by atoms with van der Waals surface area (Å²) in [6, 6.07) is 18.6. The van der Waals surface area contributed by atoms with E-state index in [4.69, 9.17) is 14.2 Å². The lowest BCUT2D eigenvalue weighted by Gasteiger charge is -2.15. The molecular formula is C24H26N2O5. The second-order valence-corrected chi connectivity index (χ2v) is 7.17. The number of rotatable bonds is 10. The van der Waals surface area contributed by atoms with Crippen LogP contribution in [0.2, 0.25) is 0 Å². The Morgan fingerprint density at radius 3 is 2.55 bits per heavy atom. The average Bonchev–Trinajstić information content (AvgIpc) is 3.19. The quantitative estimate of drug-likeness (QED) is 0.293. The molecule has 0 saturated carbocycles. The number of aromatic nitrogens is 1. The van der Waals surface area contributed by atoms with Crippen LogP contribution >= 0.6 is 0 Å². The van der Waals surface area contributed by atoms with Gasteiger partial charge in [-0.3, -0.25) is 0 Å². The molecule has 0 aliphatic carbocycles. The number of aromatic hydroxyl groups is 1. The van der Waals surface area contributed by atoms with E-state index in [0.29, 0.717) is 42.5 Å². The lowest BCUT2D eigenvalue weighted by molar-refractivity contribution is 0.106. The monoisotopic (exact) mass is 422 g/mol. The van der Waals surface area contributed by atoms with Crippen LogP contribution in [0.5, 0.6) is 23.0 Å². The first kappa shape index (κ1) is 20.8. The van der Waals surface area contributed by atoms with Gasteiger partial charge in [0.1, 0.15) is 30.8 Å². The highest BCUT2D eigenvalue weighted by atomic mass is 16.5. The molecule has 1 aromatic heterocycles. The van der Waals surface area contributed by atoms with Crippen LogP contribution in [0.25, 0.3) is 21.8 Å². The number of benzene rings is 3. The molecular weight excluding hydrogens is 396 g/mol. The predicted octanol–water partition coefficient (Wildman–Crippen LogP) is 3.44. The molecule has 4 N–H and O–H groups in total. The van der Waals surface area contributed by atoms with E-state index in [2.05, 4.69) is 10.3 Å². The Hall–Kier alpha value is -3.42. The van der Waals surface area contributed by atoms with Gasteiger partial charge in [0.25, 0.3) is 0 Å². The minimum Gasteiger partial charge on any atom is -0.506 e. The number of phenols is 1. The molecule has 0 radical (unpaired) electrons. The number of H-pyrrole nitrogens is 1. The number of aliphatic hydroxyl groups is 1. The standard InChI is InChI=1S/C24H26N2O5/c1-29-20-8-4-5-9-21(20)30-13-12-25-14-16(27)15-31-22-11-10-19(28)24-23(22)17-6-2-3-7-18(17)26-24/h2-11,16,25-28H,12-15H2,1H3/t16-/m0/s1. The number of ether oxygens (including phenoxy) is 3. The zero-order chi connectivity index (χ0) is 21.6. The predicted molar refractivity (Wildman–Crippen MR) is 120 cm³/mol. The normalized spacial score (nSPS) is 12.2. The van der Waals surface area contributed by atoms with E-state index in [1.807, 2.05) is 48.5 Å². The number of hydrogen-bond donors (Lipinski definition) is 4. The van der Waals surface area contributed by atoms with E-state index in [9.17, 15) is 10.2 Å². The summed E-state index contributed by atoms with van der Waals surface area (Å²) in [4.78, 5) is 3.22. The highest BCUT2D eigenvalue weighted by Gasteiger charge is 2.14. The van der Waals surface area contributed by atoms with Crippen molar-refractivity contribution in [3.05, 3.63) is 60.7 Å². The molecule has 0 unspecified atom stereocenters. The molecule has 31 heavy (non-hydrogen) atoms. The zero-order valence-corrected chi connectivity index (χ0v) is 17.3. The van der Waals surface area contributed by atoms with Crippen molar-refractivity contribution in [1.82, 2.24) is 10.3 Å². The van der Waals surface area contributed by atoms with Gasteiger partial charge in [0.05, 0.1) is 18.0 Å². The lowest BCUT2D eigenvalue weighted by Crippen LogP contribution is -2.33. The van der Waals surface area contributed by atoms with Gasteiger partial charge in [0.2, 0.25) is 0 Å². The first-order valence-electron chi connectivity index (χ1n) is 10.2. The van der Waals surface area contributed by atoms with E-state index < -0.39 is 6.10 Å². The summed E-state index contributed by atoms with van der Waals surface area (Å²) >= 11 is 0. The molecule has 7 heteroatoms. The van der Waals surface area contributed by atoms with Gasteiger partial charge < -0.3 is 34.7 Å². The Balaban J connectivity index is 1.29. The Kier molecular flexibility index (Phi) is 6.45. The number of fused-ring (bicyclic) bond motifs is 3. The zero-order valence-electron chi connectivity index (χ0n) is 17.3. The van der Waals surface area contributed by atoms with Gasteiger partial charge in [-0.1, -0.05) is 30.3 Å². The first-order valence-corrected chi connectivity index (χ1v) is 10.2. The highest BCUT2D eigenvalue weighted by molar-refractivity contribution is 6.12. The fourth-order valence-corrected chi connectivity index (χ4v) is 3.52. The third kappa shape index (κ3) is 4.68. The molecule has 0 bridgehead atoms. The van der Waals surface area contributed by atoms with Crippen LogP contribution in [-0.2, 0) is 0 Å². The van der Waals surface area contributed by atoms with E-state index >= 15 is 0 Å². The van der Waals surface area contributed by atoms with E-state index in [0.717, 1.165) is 16.3 Å². The molecule has 0 fully saturated rings. The maximum atomic E-state index is 10.3. The van der Waals surface area contributed by atoms with Gasteiger partial charge >= 0.3 is 0 Å². The number of aliphatic hydroxyl groups excluding tert-OH is 1. The number of phenolic OH excluding ortho intramolecular Hbond substituents is 1. The second kappa shape index (κ2) is 9.59. The summed E-state index contributed by atoms with van der Waals surface area (Å²) in [5.41, 5.74) is 1.54. The molecule has 4 aromatic rings. The molecule has 162 valence electrons. The van der Waals surface area contributed by atoms with Crippen molar-refractivity contribution in [3.8, 4) is 23.0 Å². The maximum absolute atomic E-state index is 10.3. The number of methoxy groups -OCH3 is 1. The van der Waals surface area contributed by atoms with E-state index in [-0.39, 0.29) is 12.4 Å². The summed E-state index contributed by atoms with van der Waals surface area (Å²) in [6.45, 7) is 1.51. The van der Waals surface area contributed by atoms with Crippen molar-refractivity contribution in [2.45, 2.75) is 6.10 Å². The fourth-order valence-electron chi connectivity index (χ4n) is 3.52. The van der Waals surface area contributed by atoms with Crippen molar-refractivity contribution in [2.75, 3.05) is 33.4 Å². The van der Waals surface area contributed by atoms with Crippen molar-refractivity contribution < 1.29 is 24.4 Å². The van der Waals surface area contributed by atoms with Crippen LogP contribution < -0.4 is 19.5 Å². The van der Waals surface area contributed by atoms with Crippen molar-refractivity contribution in [3.63, 3.8) is 0 Å². The fraction of sp³-hybridized carbons (Fsp3) is 0.250. The van der Waals surface area contributed by atoms with Crippen LogP contribution in [0.1, 0.15) is 0 Å². The molecule has 0 aliphatic heterocycles. The minimum atomic E-state index is -0.694. The molecule has 1 atom stereocenters. The molecule has 0 aliphatic rings. The topological polar surface area (TPSA) is 96.0 Å². The lowest BCUT2D eigenvalue weighted by atomic mass is 10.1. The van der Waals surface area contributed by atoms with Gasteiger partial charge in [-0.05, 0) is 30.3 Å². The summed E-state index contributed by atoms with van der Waals surface area (Å²) in [5, 5.41) is 25.4. The Morgan fingerprint density at radius 1 is 0.935 bits per heavy atom. The van der Waals surface area contributed by atoms with Gasteiger partial charge in [-0.25, -0.2) is 0 Å². The third-order valence-electron chi connectivity index (χ3n) is 5.02. The number of aromatic amines is 1. The SMILES string of the molecule is COc1ccccc1OCCNC[C@H](O)COc1ccc(O)c2[nH]c3ccccc3c12. The maximum Gasteiger partial charge on any atom is 0.161 e. The van der Waals surface area contributed by atoms with Crippen LogP contribution in [0, 0.1) is 0 Å². The minimum absolute atomic E-state index is 0.125. The number of nitrogens with one attached hydrogen (secondary N) is 2. The molecule has 0 amide bonds.